The molecule has 1 fully saturated rings. The van der Waals surface area contributed by atoms with E-state index in [2.05, 4.69) is 5.32 Å². The van der Waals surface area contributed by atoms with E-state index in [-0.39, 0.29) is 11.9 Å². The summed E-state index contributed by atoms with van der Waals surface area (Å²) >= 11 is 0. The molecule has 3 aromatic rings. The van der Waals surface area contributed by atoms with Crippen molar-refractivity contribution in [3.05, 3.63) is 65.7 Å². The number of fused-ring (bicyclic) bond motifs is 1. The molecule has 1 saturated heterocycles. The number of carbonyl (C=O) groups excluding carboxylic acids is 1. The van der Waals surface area contributed by atoms with Crippen LogP contribution in [0.4, 0.5) is 13.2 Å². The van der Waals surface area contributed by atoms with Crippen LogP contribution in [0, 0.1) is 0 Å². The van der Waals surface area contributed by atoms with Gasteiger partial charge in [0.1, 0.15) is 0 Å². The van der Waals surface area contributed by atoms with Gasteiger partial charge in [0.2, 0.25) is 0 Å². The van der Waals surface area contributed by atoms with Crippen LogP contribution < -0.4 is 10.8 Å². The smallest absolute Gasteiger partial charge is 0.399 e. The van der Waals surface area contributed by atoms with Crippen LogP contribution in [0.5, 0.6) is 0 Å². The minimum Gasteiger partial charge on any atom is -0.399 e. The van der Waals surface area contributed by atoms with E-state index in [1.165, 1.54) is 12.1 Å². The first kappa shape index (κ1) is 25.3. The van der Waals surface area contributed by atoms with Crippen molar-refractivity contribution >= 4 is 29.3 Å². The average molecular weight is 483 g/mol. The number of rotatable bonds is 4. The monoisotopic (exact) mass is 483 g/mol. The van der Waals surface area contributed by atoms with Crippen molar-refractivity contribution in [3.8, 4) is 11.1 Å². The lowest BCUT2D eigenvalue weighted by Gasteiger charge is -2.32. The molecule has 4 nitrogen and oxygen atoms in total. The largest absolute Gasteiger partial charge is 0.495 e. The van der Waals surface area contributed by atoms with E-state index in [4.69, 9.17) is 9.31 Å². The molecule has 1 aliphatic heterocycles. The minimum absolute atomic E-state index is 0.0285. The molecule has 0 aromatic heterocycles. The molecule has 0 saturated carbocycles. The van der Waals surface area contributed by atoms with Gasteiger partial charge in [-0.25, -0.2) is 0 Å². The van der Waals surface area contributed by atoms with Crippen LogP contribution in [-0.4, -0.2) is 30.3 Å². The first-order chi connectivity index (χ1) is 16.2. The van der Waals surface area contributed by atoms with Gasteiger partial charge in [0.15, 0.2) is 0 Å². The Labute approximate surface area is 204 Å². The van der Waals surface area contributed by atoms with Crippen molar-refractivity contribution in [2.24, 2.45) is 0 Å². The van der Waals surface area contributed by atoms with Gasteiger partial charge in [-0.3, -0.25) is 4.79 Å². The molecular weight excluding hydrogens is 454 g/mol. The first-order valence-electron chi connectivity index (χ1n) is 11.6. The fourth-order valence-corrected chi connectivity index (χ4v) is 4.12. The van der Waals surface area contributed by atoms with Crippen molar-refractivity contribution in [2.75, 3.05) is 0 Å². The van der Waals surface area contributed by atoms with Gasteiger partial charge in [-0.1, -0.05) is 30.3 Å². The van der Waals surface area contributed by atoms with E-state index < -0.39 is 30.1 Å². The van der Waals surface area contributed by atoms with Crippen molar-refractivity contribution in [1.82, 2.24) is 5.32 Å². The van der Waals surface area contributed by atoms with Gasteiger partial charge in [0.05, 0.1) is 16.8 Å². The molecule has 0 bridgehead atoms. The van der Waals surface area contributed by atoms with Crippen LogP contribution in [0.2, 0.25) is 0 Å². The zero-order valence-corrected chi connectivity index (χ0v) is 20.7. The fourth-order valence-electron chi connectivity index (χ4n) is 4.12. The van der Waals surface area contributed by atoms with Gasteiger partial charge < -0.3 is 14.6 Å². The Hall–Kier alpha value is -2.84. The van der Waals surface area contributed by atoms with E-state index in [1.807, 2.05) is 59.7 Å². The van der Waals surface area contributed by atoms with Gasteiger partial charge in [-0.15, -0.1) is 0 Å². The summed E-state index contributed by atoms with van der Waals surface area (Å²) in [6, 6.07) is 14.1. The predicted octanol–water partition coefficient (Wildman–Crippen LogP) is 5.96. The van der Waals surface area contributed by atoms with E-state index in [0.29, 0.717) is 11.1 Å². The van der Waals surface area contributed by atoms with Crippen LogP contribution in [0.3, 0.4) is 0 Å². The number of hydrogen-bond donors (Lipinski definition) is 1. The summed E-state index contributed by atoms with van der Waals surface area (Å²) in [5.41, 5.74) is 0.826. The Bertz CT molecular complexity index is 1250. The topological polar surface area (TPSA) is 47.6 Å². The summed E-state index contributed by atoms with van der Waals surface area (Å²) in [5, 5.41) is 4.43. The van der Waals surface area contributed by atoms with E-state index in [1.54, 1.807) is 12.1 Å². The lowest BCUT2D eigenvalue weighted by molar-refractivity contribution is -0.137. The molecule has 1 heterocycles. The van der Waals surface area contributed by atoms with Crippen LogP contribution >= 0.6 is 0 Å². The lowest BCUT2D eigenvalue weighted by atomic mass is 9.74. The molecule has 0 spiro atoms. The van der Waals surface area contributed by atoms with Crippen LogP contribution in [0.25, 0.3) is 21.9 Å². The molecule has 0 atom stereocenters. The Balaban J connectivity index is 1.86. The first-order valence-corrected chi connectivity index (χ1v) is 11.6. The Morgan fingerprint density at radius 1 is 0.886 bits per heavy atom. The van der Waals surface area contributed by atoms with Gasteiger partial charge in [-0.2, -0.15) is 13.2 Å². The normalized spacial score (nSPS) is 17.3. The van der Waals surface area contributed by atoms with Crippen molar-refractivity contribution in [2.45, 2.75) is 65.0 Å². The average Bonchev–Trinajstić information content (AvgIpc) is 2.98. The number of alkyl halides is 3. The maximum atomic E-state index is 13.1. The number of nitrogens with one attached hydrogen (secondary N) is 1. The van der Waals surface area contributed by atoms with Crippen molar-refractivity contribution < 1.29 is 27.3 Å². The maximum absolute atomic E-state index is 13.1. The highest BCUT2D eigenvalue weighted by Crippen LogP contribution is 2.38. The zero-order chi connectivity index (χ0) is 25.8. The molecule has 4 rings (SSSR count). The molecule has 3 aromatic carbocycles. The molecular formula is C27H29BF3NO3. The lowest BCUT2D eigenvalue weighted by Crippen LogP contribution is -2.41. The van der Waals surface area contributed by atoms with Gasteiger partial charge >= 0.3 is 13.3 Å². The van der Waals surface area contributed by atoms with Crippen LogP contribution in [-0.2, 0) is 15.5 Å². The number of amides is 1. The third-order valence-corrected chi connectivity index (χ3v) is 6.76. The fraction of sp³-hybridized carbons (Fsp3) is 0.370. The highest BCUT2D eigenvalue weighted by atomic mass is 19.4. The summed E-state index contributed by atoms with van der Waals surface area (Å²) in [6.45, 7) is 11.6. The number of hydrogen-bond acceptors (Lipinski definition) is 3. The van der Waals surface area contributed by atoms with Crippen molar-refractivity contribution in [3.63, 3.8) is 0 Å². The number of halogens is 3. The molecule has 1 amide bonds. The number of carbonyl (C=O) groups is 1. The molecule has 35 heavy (non-hydrogen) atoms. The molecule has 0 unspecified atom stereocenters. The second-order valence-electron chi connectivity index (χ2n) is 10.3. The third kappa shape index (κ3) is 4.82. The van der Waals surface area contributed by atoms with Gasteiger partial charge in [-0.05, 0) is 93.2 Å². The second-order valence-corrected chi connectivity index (χ2v) is 10.3. The van der Waals surface area contributed by atoms with E-state index in [9.17, 15) is 18.0 Å². The summed E-state index contributed by atoms with van der Waals surface area (Å²) in [4.78, 5) is 12.7. The Morgan fingerprint density at radius 3 is 2.03 bits per heavy atom. The quantitative estimate of drug-likeness (QED) is 0.466. The summed E-state index contributed by atoms with van der Waals surface area (Å²) < 4.78 is 51.8. The SMILES string of the molecule is CC(C)NC(=O)c1ccc2c(-c3ccc(C(F)(F)F)cc3)ccc(B3OC(C)(C)C(C)(C)O3)c2c1. The van der Waals surface area contributed by atoms with Gasteiger partial charge in [0, 0.05) is 11.6 Å². The zero-order valence-electron chi connectivity index (χ0n) is 20.7. The molecule has 1 aliphatic rings. The maximum Gasteiger partial charge on any atom is 0.495 e. The summed E-state index contributed by atoms with van der Waals surface area (Å²) in [5.74, 6) is -0.207. The highest BCUT2D eigenvalue weighted by molar-refractivity contribution is 6.65. The standard InChI is InChI=1S/C27H29BF3NO3/c1-16(2)32-24(33)18-9-12-21-20(17-7-10-19(11-8-17)27(29,30)31)13-14-23(22(21)15-18)28-34-25(3,4)26(5,6)35-28/h7-16H,1-6H3,(H,32,33). The second kappa shape index (κ2) is 8.68. The van der Waals surface area contributed by atoms with Crippen molar-refractivity contribution in [1.29, 1.82) is 0 Å². The van der Waals surface area contributed by atoms with E-state index in [0.717, 1.165) is 33.9 Å². The van der Waals surface area contributed by atoms with E-state index >= 15 is 0 Å². The molecule has 1 N–H and O–H groups in total. The third-order valence-electron chi connectivity index (χ3n) is 6.76. The molecule has 8 heteroatoms. The Kier molecular flexibility index (Phi) is 6.26. The summed E-state index contributed by atoms with van der Waals surface area (Å²) in [7, 11) is -0.660. The predicted molar refractivity (Wildman–Crippen MR) is 133 cm³/mol. The summed E-state index contributed by atoms with van der Waals surface area (Å²) in [6.07, 6.45) is -4.40. The van der Waals surface area contributed by atoms with Crippen LogP contribution in [0.15, 0.2) is 54.6 Å². The number of benzene rings is 3. The molecule has 0 aliphatic carbocycles. The van der Waals surface area contributed by atoms with Crippen LogP contribution in [0.1, 0.15) is 57.5 Å². The molecule has 0 radical (unpaired) electrons. The Morgan fingerprint density at radius 2 is 1.49 bits per heavy atom. The van der Waals surface area contributed by atoms with Gasteiger partial charge in [0.25, 0.3) is 5.91 Å². The molecule has 184 valence electrons. The highest BCUT2D eigenvalue weighted by Gasteiger charge is 2.52. The minimum atomic E-state index is -4.40.